The third-order valence-electron chi connectivity index (χ3n) is 2.17. The first-order valence-corrected chi connectivity index (χ1v) is 3.95. The molecule has 1 aliphatic carbocycles. The quantitative estimate of drug-likeness (QED) is 0.504. The van der Waals surface area contributed by atoms with Gasteiger partial charge in [-0.3, -0.25) is 10.1 Å². The van der Waals surface area contributed by atoms with E-state index in [1.54, 1.807) is 0 Å². The summed E-state index contributed by atoms with van der Waals surface area (Å²) in [6.45, 7) is 0.689. The van der Waals surface area contributed by atoms with Crippen LogP contribution < -0.4 is 5.32 Å². The van der Waals surface area contributed by atoms with Crippen molar-refractivity contribution in [2.75, 3.05) is 6.54 Å². The van der Waals surface area contributed by atoms with Crippen molar-refractivity contribution in [1.29, 1.82) is 0 Å². The Morgan fingerprint density at radius 2 is 2.45 bits per heavy atom. The summed E-state index contributed by atoms with van der Waals surface area (Å²) >= 11 is 0. The largest absolute Gasteiger partial charge is 0.299 e. The number of ketones is 1. The zero-order valence-electron chi connectivity index (χ0n) is 6.29. The van der Waals surface area contributed by atoms with Crippen LogP contribution in [0.5, 0.6) is 0 Å². The fourth-order valence-corrected chi connectivity index (χ4v) is 1.55. The van der Waals surface area contributed by atoms with E-state index in [1.165, 1.54) is 0 Å². The summed E-state index contributed by atoms with van der Waals surface area (Å²) in [5, 5.41) is 4.29. The second-order valence-corrected chi connectivity index (χ2v) is 2.91. The van der Waals surface area contributed by atoms with Crippen molar-refractivity contribution < 1.29 is 4.79 Å². The maximum Gasteiger partial charge on any atom is 0.144 e. The molecule has 0 amide bonds. The summed E-state index contributed by atoms with van der Waals surface area (Å²) in [5.41, 5.74) is 0.990. The van der Waals surface area contributed by atoms with E-state index in [0.717, 1.165) is 12.1 Å². The third kappa shape index (κ3) is 1.09. The molecule has 1 fully saturated rings. The Morgan fingerprint density at radius 3 is 3.27 bits per heavy atom. The Labute approximate surface area is 66.0 Å². The topological polar surface area (TPSA) is 31.2 Å². The fourth-order valence-electron chi connectivity index (χ4n) is 1.55. The first-order valence-electron chi connectivity index (χ1n) is 3.95. The molecule has 2 heteroatoms. The van der Waals surface area contributed by atoms with E-state index in [4.69, 9.17) is 0 Å². The van der Waals surface area contributed by atoms with Gasteiger partial charge in [-0.15, -0.1) is 0 Å². The van der Waals surface area contributed by atoms with Crippen LogP contribution in [-0.4, -0.2) is 12.3 Å². The minimum Gasteiger partial charge on any atom is -0.299 e. The molecule has 57 valence electrons. The van der Waals surface area contributed by atoms with E-state index >= 15 is 0 Å². The zero-order valence-corrected chi connectivity index (χ0v) is 6.29. The molecule has 0 spiro atoms. The summed E-state index contributed by atoms with van der Waals surface area (Å²) in [6, 6.07) is 0. The number of hydrogen-bond acceptors (Lipinski definition) is 1. The van der Waals surface area contributed by atoms with Crippen molar-refractivity contribution in [3.63, 3.8) is 0 Å². The van der Waals surface area contributed by atoms with E-state index in [1.807, 2.05) is 18.2 Å². The highest BCUT2D eigenvalue weighted by Gasteiger charge is 2.27. The number of rotatable bonds is 0. The van der Waals surface area contributed by atoms with Crippen molar-refractivity contribution in [1.82, 2.24) is 5.32 Å². The molecule has 0 bridgehead atoms. The Bertz CT molecular complexity index is 240. The van der Waals surface area contributed by atoms with Gasteiger partial charge in [0, 0.05) is 18.7 Å². The minimum atomic E-state index is 0.0914. The molecule has 1 aliphatic heterocycles. The molecule has 1 radical (unpaired) electrons. The molecule has 0 aromatic rings. The van der Waals surface area contributed by atoms with Crippen LogP contribution in [0.15, 0.2) is 23.9 Å². The van der Waals surface area contributed by atoms with E-state index in [0.29, 0.717) is 18.7 Å². The number of hydrogen-bond donors (Lipinski definition) is 0. The lowest BCUT2D eigenvalue weighted by Crippen LogP contribution is -2.31. The molecule has 1 unspecified atom stereocenters. The zero-order chi connectivity index (χ0) is 7.68. The molecule has 0 aromatic heterocycles. The van der Waals surface area contributed by atoms with Crippen LogP contribution in [0.25, 0.3) is 0 Å². The Hall–Kier alpha value is -1.05. The minimum absolute atomic E-state index is 0.0914. The Morgan fingerprint density at radius 1 is 1.55 bits per heavy atom. The maximum atomic E-state index is 11.3. The van der Waals surface area contributed by atoms with E-state index in [9.17, 15) is 4.79 Å². The first-order chi connectivity index (χ1) is 5.38. The van der Waals surface area contributed by atoms with Crippen LogP contribution in [0.3, 0.4) is 0 Å². The molecule has 0 saturated carbocycles. The van der Waals surface area contributed by atoms with Gasteiger partial charge in [-0.1, -0.05) is 12.2 Å². The van der Waals surface area contributed by atoms with Gasteiger partial charge in [0.1, 0.15) is 5.78 Å². The number of Topliss-reactive ketones (excluding diaryl/α,β-unsaturated/α-hetero) is 1. The van der Waals surface area contributed by atoms with Gasteiger partial charge in [0.15, 0.2) is 0 Å². The average molecular weight is 148 g/mol. The van der Waals surface area contributed by atoms with E-state index in [2.05, 4.69) is 5.32 Å². The molecule has 0 N–H and O–H groups in total. The molecule has 1 atom stereocenters. The molecule has 2 nitrogen and oxygen atoms in total. The Balaban J connectivity index is 2.24. The number of allylic oxidation sites excluding steroid dienone is 4. The van der Waals surface area contributed by atoms with Gasteiger partial charge in [-0.25, -0.2) is 0 Å². The number of piperidine rings is 1. The van der Waals surface area contributed by atoms with E-state index in [-0.39, 0.29) is 5.92 Å². The highest BCUT2D eigenvalue weighted by molar-refractivity contribution is 5.85. The molecular weight excluding hydrogens is 138 g/mol. The Kier molecular flexibility index (Phi) is 1.53. The van der Waals surface area contributed by atoms with Gasteiger partial charge < -0.3 is 0 Å². The predicted octanol–water partition coefficient (Wildman–Crippen LogP) is 1.02. The van der Waals surface area contributed by atoms with Crippen molar-refractivity contribution in [3.8, 4) is 0 Å². The third-order valence-corrected chi connectivity index (χ3v) is 2.17. The summed E-state index contributed by atoms with van der Waals surface area (Å²) in [5.74, 6) is 0.448. The van der Waals surface area contributed by atoms with Gasteiger partial charge >= 0.3 is 0 Å². The number of nitrogens with zero attached hydrogens (tertiary/aromatic N) is 1. The van der Waals surface area contributed by atoms with Gasteiger partial charge in [-0.05, 0) is 12.5 Å². The highest BCUT2D eigenvalue weighted by Crippen LogP contribution is 2.24. The molecule has 2 aliphatic rings. The van der Waals surface area contributed by atoms with Crippen LogP contribution in [0, 0.1) is 5.92 Å². The van der Waals surface area contributed by atoms with Gasteiger partial charge in [0.2, 0.25) is 0 Å². The lowest BCUT2D eigenvalue weighted by atomic mass is 9.88. The number of fused-ring (bicyclic) bond motifs is 1. The second-order valence-electron chi connectivity index (χ2n) is 2.91. The monoisotopic (exact) mass is 148 g/mol. The van der Waals surface area contributed by atoms with Crippen molar-refractivity contribution in [3.05, 3.63) is 23.9 Å². The first kappa shape index (κ1) is 6.65. The van der Waals surface area contributed by atoms with Crippen LogP contribution in [0.2, 0.25) is 0 Å². The fraction of sp³-hybridized carbons (Fsp3) is 0.444. The van der Waals surface area contributed by atoms with Crippen LogP contribution >= 0.6 is 0 Å². The lowest BCUT2D eigenvalue weighted by Gasteiger charge is -2.24. The SMILES string of the molecule is O=C1CC[N]C2=CC=CCC12. The summed E-state index contributed by atoms with van der Waals surface area (Å²) in [7, 11) is 0. The maximum absolute atomic E-state index is 11.3. The smallest absolute Gasteiger partial charge is 0.144 e. The summed E-state index contributed by atoms with van der Waals surface area (Å²) < 4.78 is 0. The summed E-state index contributed by atoms with van der Waals surface area (Å²) in [6.07, 6.45) is 7.45. The summed E-state index contributed by atoms with van der Waals surface area (Å²) in [4.78, 5) is 11.3. The molecular formula is C9H10NO. The molecule has 0 aromatic carbocycles. The van der Waals surface area contributed by atoms with Crippen molar-refractivity contribution in [2.24, 2.45) is 5.92 Å². The number of carbonyl (C=O) groups excluding carboxylic acids is 1. The van der Waals surface area contributed by atoms with Gasteiger partial charge in [0.25, 0.3) is 0 Å². The predicted molar refractivity (Wildman–Crippen MR) is 42.0 cm³/mol. The molecule has 2 rings (SSSR count). The van der Waals surface area contributed by atoms with Gasteiger partial charge in [-0.2, -0.15) is 0 Å². The normalized spacial score (nSPS) is 28.9. The van der Waals surface area contributed by atoms with Gasteiger partial charge in [0.05, 0.1) is 5.92 Å². The van der Waals surface area contributed by atoms with Crippen LogP contribution in [0.1, 0.15) is 12.8 Å². The van der Waals surface area contributed by atoms with E-state index < -0.39 is 0 Å². The molecule has 11 heavy (non-hydrogen) atoms. The number of carbonyl (C=O) groups is 1. The van der Waals surface area contributed by atoms with Crippen LogP contribution in [-0.2, 0) is 4.79 Å². The average Bonchev–Trinajstić information content (AvgIpc) is 2.06. The highest BCUT2D eigenvalue weighted by atomic mass is 16.1. The second kappa shape index (κ2) is 2.53. The molecule has 1 saturated heterocycles. The van der Waals surface area contributed by atoms with Crippen molar-refractivity contribution in [2.45, 2.75) is 12.8 Å². The van der Waals surface area contributed by atoms with Crippen molar-refractivity contribution >= 4 is 5.78 Å². The lowest BCUT2D eigenvalue weighted by molar-refractivity contribution is -0.122. The standard InChI is InChI=1S/C9H10NO/c11-9-5-6-10-8-4-2-1-3-7(8)9/h1-2,4,7H,3,5-6H2. The molecule has 1 heterocycles. The van der Waals surface area contributed by atoms with Crippen LogP contribution in [0.4, 0.5) is 0 Å².